The van der Waals surface area contributed by atoms with Gasteiger partial charge in [0.25, 0.3) is 0 Å². The minimum absolute atomic E-state index is 0.639. The highest BCUT2D eigenvalue weighted by atomic mass is 29.9. The second kappa shape index (κ2) is 7.06. The third kappa shape index (κ3) is 4.22. The maximum absolute atomic E-state index is 3.85. The molecule has 1 aliphatic rings. The quantitative estimate of drug-likeness (QED) is 0.611. The average Bonchev–Trinajstić information content (AvgIpc) is 2.31. The van der Waals surface area contributed by atoms with Crippen molar-refractivity contribution in [3.05, 3.63) is 11.3 Å². The van der Waals surface area contributed by atoms with E-state index in [2.05, 4.69) is 83.8 Å². The van der Waals surface area contributed by atoms with Crippen LogP contribution in [0.25, 0.3) is 0 Å². The highest BCUT2D eigenvalue weighted by Gasteiger charge is 2.60. The minimum Gasteiger partial charge on any atom is -0.310 e. The molecule has 0 aromatic carbocycles. The van der Waals surface area contributed by atoms with Crippen LogP contribution in [0.2, 0.25) is 58.9 Å². The van der Waals surface area contributed by atoms with Gasteiger partial charge in [-0.05, 0) is 25.3 Å². The first-order valence-corrected chi connectivity index (χ1v) is 25.2. The van der Waals surface area contributed by atoms with E-state index in [9.17, 15) is 0 Å². The molecular formula is C18H43NSi4. The van der Waals surface area contributed by atoms with Crippen molar-refractivity contribution in [3.63, 3.8) is 0 Å². The molecule has 0 aromatic rings. The lowest BCUT2D eigenvalue weighted by Crippen LogP contribution is -2.82. The molecule has 1 unspecified atom stereocenters. The van der Waals surface area contributed by atoms with Gasteiger partial charge in [0.1, 0.15) is 0 Å². The average molecular weight is 386 g/mol. The third-order valence-electron chi connectivity index (χ3n) is 6.02. The molecule has 136 valence electrons. The Morgan fingerprint density at radius 2 is 1.30 bits per heavy atom. The number of nitrogens with one attached hydrogen (secondary N) is 1. The summed E-state index contributed by atoms with van der Waals surface area (Å²) in [6.07, 6.45) is 2.69. The molecule has 5 heteroatoms. The van der Waals surface area contributed by atoms with Gasteiger partial charge in [0.2, 0.25) is 0 Å². The zero-order valence-electron chi connectivity index (χ0n) is 17.9. The molecule has 1 heterocycles. The molecule has 0 amide bonds. The fourth-order valence-corrected chi connectivity index (χ4v) is 101. The van der Waals surface area contributed by atoms with Crippen LogP contribution in [0.5, 0.6) is 0 Å². The van der Waals surface area contributed by atoms with Crippen molar-refractivity contribution in [2.45, 2.75) is 91.7 Å². The largest absolute Gasteiger partial charge is 0.310 e. The Morgan fingerprint density at radius 1 is 0.870 bits per heavy atom. The van der Waals surface area contributed by atoms with E-state index in [4.69, 9.17) is 0 Å². The topological polar surface area (TPSA) is 12.0 Å². The zero-order chi connectivity index (χ0) is 18.3. The fraction of sp³-hybridized carbons (Fsp3) is 0.889. The smallest absolute Gasteiger partial charge is 0.0597 e. The van der Waals surface area contributed by atoms with Gasteiger partial charge < -0.3 is 5.32 Å². The van der Waals surface area contributed by atoms with E-state index in [0.29, 0.717) is 6.04 Å². The molecule has 1 rings (SSSR count). The van der Waals surface area contributed by atoms with Crippen LogP contribution in [0, 0.1) is 5.92 Å². The first kappa shape index (κ1) is 21.6. The summed E-state index contributed by atoms with van der Waals surface area (Å²) in [4.78, 5) is 0. The van der Waals surface area contributed by atoms with Crippen molar-refractivity contribution >= 4 is 29.4 Å². The van der Waals surface area contributed by atoms with E-state index >= 15 is 0 Å². The van der Waals surface area contributed by atoms with Crippen molar-refractivity contribution in [1.82, 2.24) is 5.32 Å². The van der Waals surface area contributed by atoms with Crippen LogP contribution >= 0.6 is 0 Å². The number of rotatable bonds is 5. The highest BCUT2D eigenvalue weighted by molar-refractivity contribution is 7.90. The lowest BCUT2D eigenvalue weighted by molar-refractivity contribution is 0.400. The Bertz CT molecular complexity index is 399. The predicted molar refractivity (Wildman–Crippen MR) is 120 cm³/mol. The standard InChI is InChI=1S/C18H43NSi4/c1-16(2)18-17(13-12-14-19-18)15-23(20(3,4)5,21(6,7)8)22(9,10)11/h15-16,18-19H,12-14H2,1-11H3/b17-15+. The summed E-state index contributed by atoms with van der Waals surface area (Å²) >= 11 is 0. The SMILES string of the molecule is CC(C)C1NCCC/C1=C\[Si]([Si](C)(C)C)([Si](C)(C)C)[Si](C)(C)C. The van der Waals surface area contributed by atoms with E-state index in [1.54, 1.807) is 0 Å². The molecule has 23 heavy (non-hydrogen) atoms. The Balaban J connectivity index is 3.61. The van der Waals surface area contributed by atoms with Crippen molar-refractivity contribution < 1.29 is 0 Å². The van der Waals surface area contributed by atoms with Gasteiger partial charge in [-0.25, -0.2) is 0 Å². The van der Waals surface area contributed by atoms with Gasteiger partial charge in [-0.15, -0.1) is 5.70 Å². The molecule has 0 aliphatic carbocycles. The van der Waals surface area contributed by atoms with E-state index in [-0.39, 0.29) is 0 Å². The van der Waals surface area contributed by atoms with Crippen LogP contribution in [0.3, 0.4) is 0 Å². The normalized spacial score (nSPS) is 23.7. The first-order valence-electron chi connectivity index (χ1n) is 9.60. The van der Waals surface area contributed by atoms with Crippen molar-refractivity contribution in [2.24, 2.45) is 5.92 Å². The summed E-state index contributed by atoms with van der Waals surface area (Å²) in [6, 6.07) is 0.639. The third-order valence-corrected chi connectivity index (χ3v) is 77.0. The maximum atomic E-state index is 3.85. The molecule has 0 bridgehead atoms. The van der Waals surface area contributed by atoms with Gasteiger partial charge in [-0.1, -0.05) is 78.3 Å². The number of hydrogen-bond donors (Lipinski definition) is 1. The van der Waals surface area contributed by atoms with E-state index in [0.717, 1.165) is 5.92 Å². The van der Waals surface area contributed by atoms with Gasteiger partial charge in [0.05, 0.1) is 6.63 Å². The fourth-order valence-electron chi connectivity index (χ4n) is 5.97. The minimum atomic E-state index is -1.36. The van der Waals surface area contributed by atoms with E-state index < -0.39 is 29.4 Å². The Morgan fingerprint density at radius 3 is 1.65 bits per heavy atom. The van der Waals surface area contributed by atoms with Crippen LogP contribution in [0.4, 0.5) is 0 Å². The molecule has 1 saturated heterocycles. The summed E-state index contributed by atoms with van der Waals surface area (Å²) in [5.41, 5.74) is 4.85. The number of piperidine rings is 1. The molecule has 1 N–H and O–H groups in total. The summed E-state index contributed by atoms with van der Waals surface area (Å²) in [5, 5.41) is 3.85. The predicted octanol–water partition coefficient (Wildman–Crippen LogP) is 5.56. The van der Waals surface area contributed by atoms with Crippen molar-refractivity contribution in [1.29, 1.82) is 0 Å². The van der Waals surface area contributed by atoms with Gasteiger partial charge >= 0.3 is 0 Å². The van der Waals surface area contributed by atoms with Crippen molar-refractivity contribution in [2.75, 3.05) is 6.54 Å². The van der Waals surface area contributed by atoms with Gasteiger partial charge in [-0.2, -0.15) is 0 Å². The van der Waals surface area contributed by atoms with E-state index in [1.807, 2.05) is 5.57 Å². The lowest BCUT2D eigenvalue weighted by atomic mass is 9.91. The first-order chi connectivity index (χ1) is 10.1. The van der Waals surface area contributed by atoms with Gasteiger partial charge in [-0.3, -0.25) is 0 Å². The second-order valence-electron chi connectivity index (χ2n) is 11.1. The summed E-state index contributed by atoms with van der Waals surface area (Å²) < 4.78 is 0. The molecule has 1 nitrogen and oxygen atoms in total. The molecule has 1 fully saturated rings. The lowest BCUT2D eigenvalue weighted by Gasteiger charge is -2.56. The van der Waals surface area contributed by atoms with Crippen LogP contribution in [0.15, 0.2) is 11.3 Å². The summed E-state index contributed by atoms with van der Waals surface area (Å²) in [6.45, 7) is 29.0. The Labute approximate surface area is 150 Å². The van der Waals surface area contributed by atoms with Gasteiger partial charge in [0, 0.05) is 28.8 Å². The molecule has 0 radical (unpaired) electrons. The number of hydrogen-bond acceptors (Lipinski definition) is 1. The molecule has 1 atom stereocenters. The summed E-state index contributed by atoms with van der Waals surface area (Å²) in [7, 11) is -3.59. The van der Waals surface area contributed by atoms with Crippen molar-refractivity contribution in [3.8, 4) is 0 Å². The molecule has 0 spiro atoms. The maximum Gasteiger partial charge on any atom is 0.0597 e. The molecule has 0 aromatic heterocycles. The highest BCUT2D eigenvalue weighted by Crippen LogP contribution is 2.40. The van der Waals surface area contributed by atoms with E-state index in [1.165, 1.54) is 19.4 Å². The zero-order valence-corrected chi connectivity index (χ0v) is 21.9. The van der Waals surface area contributed by atoms with Crippen LogP contribution in [0.1, 0.15) is 26.7 Å². The summed E-state index contributed by atoms with van der Waals surface area (Å²) in [5.74, 6) is 0.721. The van der Waals surface area contributed by atoms with Crippen LogP contribution in [-0.2, 0) is 0 Å². The van der Waals surface area contributed by atoms with Gasteiger partial charge in [0.15, 0.2) is 0 Å². The van der Waals surface area contributed by atoms with Crippen LogP contribution < -0.4 is 5.32 Å². The molecule has 1 aliphatic heterocycles. The monoisotopic (exact) mass is 385 g/mol. The molecular weight excluding hydrogens is 343 g/mol. The second-order valence-corrected chi connectivity index (χ2v) is 51.6. The Kier molecular flexibility index (Phi) is 6.63. The van der Waals surface area contributed by atoms with Crippen LogP contribution in [-0.4, -0.2) is 42.0 Å². The Hall–Kier alpha value is 0.568. The molecule has 0 saturated carbocycles.